The topological polar surface area (TPSA) is 52.6 Å². The van der Waals surface area contributed by atoms with Gasteiger partial charge in [0.25, 0.3) is 0 Å². The molecule has 1 unspecified atom stereocenters. The fourth-order valence-electron chi connectivity index (χ4n) is 2.67. The number of esters is 2. The molecule has 0 aliphatic heterocycles. The van der Waals surface area contributed by atoms with E-state index in [0.29, 0.717) is 18.8 Å². The molecule has 0 bridgehead atoms. The summed E-state index contributed by atoms with van der Waals surface area (Å²) >= 11 is 0. The van der Waals surface area contributed by atoms with Crippen LogP contribution in [0.5, 0.6) is 0 Å². The van der Waals surface area contributed by atoms with Gasteiger partial charge in [-0.25, -0.2) is 0 Å². The third kappa shape index (κ3) is 15.8. The molecule has 0 fully saturated rings. The summed E-state index contributed by atoms with van der Waals surface area (Å²) in [6.45, 7) is 9.65. The molecule has 142 valence electrons. The van der Waals surface area contributed by atoms with Gasteiger partial charge < -0.3 is 9.47 Å². The van der Waals surface area contributed by atoms with E-state index >= 15 is 0 Å². The van der Waals surface area contributed by atoms with Gasteiger partial charge in [0.05, 0.1) is 12.2 Å². The first-order valence-electron chi connectivity index (χ1n) is 9.70. The molecule has 0 radical (unpaired) electrons. The lowest BCUT2D eigenvalue weighted by atomic mass is 9.99. The van der Waals surface area contributed by atoms with Crippen LogP contribution in [-0.2, 0) is 19.1 Å². The van der Waals surface area contributed by atoms with Crippen LogP contribution in [0.1, 0.15) is 98.8 Å². The van der Waals surface area contributed by atoms with Crippen molar-refractivity contribution in [1.82, 2.24) is 0 Å². The maximum Gasteiger partial charge on any atom is 0.306 e. The Bertz CT molecular complexity index is 337. The number of carbonyl (C=O) groups is 2. The maximum atomic E-state index is 11.6. The Balaban J connectivity index is 3.39. The molecule has 0 aliphatic rings. The van der Waals surface area contributed by atoms with Crippen molar-refractivity contribution in [2.24, 2.45) is 5.92 Å². The predicted octanol–water partition coefficient (Wildman–Crippen LogP) is 5.43. The fraction of sp³-hybridized carbons (Fsp3) is 0.900. The van der Waals surface area contributed by atoms with Gasteiger partial charge in [-0.15, -0.1) is 0 Å². The van der Waals surface area contributed by atoms with Crippen LogP contribution in [0.4, 0.5) is 0 Å². The van der Waals surface area contributed by atoms with Gasteiger partial charge in [0.15, 0.2) is 0 Å². The molecule has 0 heterocycles. The summed E-state index contributed by atoms with van der Waals surface area (Å²) in [5.74, 6) is 0.256. The van der Waals surface area contributed by atoms with Crippen molar-refractivity contribution in [1.29, 1.82) is 0 Å². The number of ether oxygens (including phenoxy) is 2. The van der Waals surface area contributed by atoms with Crippen LogP contribution in [0.2, 0.25) is 0 Å². The minimum absolute atomic E-state index is 0.00730. The van der Waals surface area contributed by atoms with Gasteiger partial charge >= 0.3 is 11.9 Å². The van der Waals surface area contributed by atoms with E-state index in [1.54, 1.807) is 0 Å². The second kappa shape index (κ2) is 14.3. The van der Waals surface area contributed by atoms with E-state index in [1.165, 1.54) is 32.1 Å². The van der Waals surface area contributed by atoms with Gasteiger partial charge in [-0.05, 0) is 40.0 Å². The average molecular weight is 343 g/mol. The zero-order chi connectivity index (χ0) is 18.4. The van der Waals surface area contributed by atoms with E-state index in [-0.39, 0.29) is 24.1 Å². The standard InChI is InChI=1S/C20H38O4/c1-16(2)23-19(21)14-12-10-8-6-7-9-11-13-18(5)15-20(22)24-17(3)4/h16-18H,6-15H2,1-5H3. The fourth-order valence-corrected chi connectivity index (χ4v) is 2.67. The first kappa shape index (κ1) is 22.9. The monoisotopic (exact) mass is 342 g/mol. The molecule has 0 saturated carbocycles. The van der Waals surface area contributed by atoms with Crippen molar-refractivity contribution in [2.45, 2.75) is 111 Å². The number of unbranched alkanes of at least 4 members (excludes halogenated alkanes) is 6. The van der Waals surface area contributed by atoms with Crippen molar-refractivity contribution in [2.75, 3.05) is 0 Å². The first-order chi connectivity index (χ1) is 11.3. The number of carbonyl (C=O) groups excluding carboxylic acids is 2. The summed E-state index contributed by atoms with van der Waals surface area (Å²) in [7, 11) is 0. The summed E-state index contributed by atoms with van der Waals surface area (Å²) in [6, 6.07) is 0. The average Bonchev–Trinajstić information content (AvgIpc) is 2.43. The Labute approximate surface area is 148 Å². The molecule has 4 heteroatoms. The normalized spacial score (nSPS) is 12.5. The molecule has 0 aliphatic carbocycles. The molecule has 1 atom stereocenters. The highest BCUT2D eigenvalue weighted by molar-refractivity contribution is 5.69. The molecule has 0 amide bonds. The highest BCUT2D eigenvalue weighted by Gasteiger charge is 2.11. The molecular weight excluding hydrogens is 304 g/mol. The zero-order valence-corrected chi connectivity index (χ0v) is 16.4. The van der Waals surface area contributed by atoms with Gasteiger partial charge in [0.1, 0.15) is 0 Å². The lowest BCUT2D eigenvalue weighted by Crippen LogP contribution is -2.14. The van der Waals surface area contributed by atoms with Gasteiger partial charge in [0.2, 0.25) is 0 Å². The van der Waals surface area contributed by atoms with Crippen molar-refractivity contribution in [3.63, 3.8) is 0 Å². The summed E-state index contributed by atoms with van der Waals surface area (Å²) in [6.07, 6.45) is 10.2. The second-order valence-electron chi connectivity index (χ2n) is 7.40. The quantitative estimate of drug-likeness (QED) is 0.312. The zero-order valence-electron chi connectivity index (χ0n) is 16.4. The van der Waals surface area contributed by atoms with Crippen molar-refractivity contribution in [3.05, 3.63) is 0 Å². The van der Waals surface area contributed by atoms with Crippen LogP contribution in [0.3, 0.4) is 0 Å². The number of rotatable bonds is 14. The molecule has 4 nitrogen and oxygen atoms in total. The van der Waals surface area contributed by atoms with E-state index in [1.807, 2.05) is 27.7 Å². The molecule has 0 spiro atoms. The molecule has 0 rings (SSSR count). The van der Waals surface area contributed by atoms with Gasteiger partial charge in [-0.2, -0.15) is 0 Å². The Morgan fingerprint density at radius 3 is 1.67 bits per heavy atom. The van der Waals surface area contributed by atoms with Crippen LogP contribution in [0.25, 0.3) is 0 Å². The van der Waals surface area contributed by atoms with E-state index in [2.05, 4.69) is 6.92 Å². The van der Waals surface area contributed by atoms with E-state index < -0.39 is 0 Å². The maximum absolute atomic E-state index is 11.6. The highest BCUT2D eigenvalue weighted by atomic mass is 16.5. The molecule has 0 aromatic carbocycles. The van der Waals surface area contributed by atoms with Crippen LogP contribution in [-0.4, -0.2) is 24.1 Å². The molecule has 0 aromatic heterocycles. The summed E-state index contributed by atoms with van der Waals surface area (Å²) in [4.78, 5) is 22.9. The summed E-state index contributed by atoms with van der Waals surface area (Å²) in [5, 5.41) is 0. The molecule has 0 aromatic rings. The third-order valence-corrected chi connectivity index (χ3v) is 3.83. The van der Waals surface area contributed by atoms with E-state index in [0.717, 1.165) is 19.3 Å². The smallest absolute Gasteiger partial charge is 0.306 e. The van der Waals surface area contributed by atoms with Crippen LogP contribution < -0.4 is 0 Å². The van der Waals surface area contributed by atoms with Gasteiger partial charge in [0, 0.05) is 12.8 Å². The summed E-state index contributed by atoms with van der Waals surface area (Å²) < 4.78 is 10.3. The lowest BCUT2D eigenvalue weighted by molar-refractivity contribution is -0.149. The molecule has 24 heavy (non-hydrogen) atoms. The highest BCUT2D eigenvalue weighted by Crippen LogP contribution is 2.16. The first-order valence-corrected chi connectivity index (χ1v) is 9.70. The van der Waals surface area contributed by atoms with Gasteiger partial charge in [-0.1, -0.05) is 51.9 Å². The van der Waals surface area contributed by atoms with Gasteiger partial charge in [-0.3, -0.25) is 9.59 Å². The van der Waals surface area contributed by atoms with Crippen LogP contribution >= 0.6 is 0 Å². The van der Waals surface area contributed by atoms with Crippen molar-refractivity contribution in [3.8, 4) is 0 Å². The largest absolute Gasteiger partial charge is 0.463 e. The minimum Gasteiger partial charge on any atom is -0.463 e. The van der Waals surface area contributed by atoms with E-state index in [4.69, 9.17) is 9.47 Å². The van der Waals surface area contributed by atoms with Crippen molar-refractivity contribution < 1.29 is 19.1 Å². The molecule has 0 saturated heterocycles. The lowest BCUT2D eigenvalue weighted by Gasteiger charge is -2.12. The van der Waals surface area contributed by atoms with Crippen LogP contribution in [0, 0.1) is 5.92 Å². The molecule has 0 N–H and O–H groups in total. The Morgan fingerprint density at radius 2 is 1.12 bits per heavy atom. The number of hydrogen-bond acceptors (Lipinski definition) is 4. The second-order valence-corrected chi connectivity index (χ2v) is 7.40. The van der Waals surface area contributed by atoms with Crippen LogP contribution in [0.15, 0.2) is 0 Å². The molecular formula is C20H38O4. The minimum atomic E-state index is -0.0755. The third-order valence-electron chi connectivity index (χ3n) is 3.83. The van der Waals surface area contributed by atoms with E-state index in [9.17, 15) is 9.59 Å². The predicted molar refractivity (Wildman–Crippen MR) is 97.8 cm³/mol. The SMILES string of the molecule is CC(CCCCCCCCCC(=O)OC(C)C)CC(=O)OC(C)C. The van der Waals surface area contributed by atoms with Crippen molar-refractivity contribution >= 4 is 11.9 Å². The number of hydrogen-bond donors (Lipinski definition) is 0. The Kier molecular flexibility index (Phi) is 13.7. The Hall–Kier alpha value is -1.06. The summed E-state index contributed by atoms with van der Waals surface area (Å²) in [5.41, 5.74) is 0. The Morgan fingerprint density at radius 1 is 0.667 bits per heavy atom.